The molecule has 21 heavy (non-hydrogen) atoms. The highest BCUT2D eigenvalue weighted by Crippen LogP contribution is 2.30. The molecule has 0 heterocycles. The van der Waals surface area contributed by atoms with E-state index in [1.807, 2.05) is 19.9 Å². The Hall–Kier alpha value is -2.04. The van der Waals surface area contributed by atoms with E-state index in [9.17, 15) is 14.7 Å². The molecule has 1 aliphatic rings. The number of amides is 2. The number of aliphatic carboxylic acids is 1. The minimum atomic E-state index is -1.05. The Morgan fingerprint density at radius 3 is 2.38 bits per heavy atom. The van der Waals surface area contributed by atoms with E-state index < -0.39 is 12.0 Å². The van der Waals surface area contributed by atoms with Crippen LogP contribution in [0.25, 0.3) is 0 Å². The van der Waals surface area contributed by atoms with E-state index in [-0.39, 0.29) is 12.1 Å². The fourth-order valence-electron chi connectivity index (χ4n) is 2.25. The first-order chi connectivity index (χ1) is 9.99. The standard InChI is InChI=1S/C16H22N2O3/c1-11(2)18(10-12-8-9-12)16(21)17-14(15(19)20)13-6-4-3-5-7-13/h3-7,11-12,14H,8-10H2,1-2H3,(H,17,21)(H,19,20)/t14-/m1/s1. The van der Waals surface area contributed by atoms with Crippen LogP contribution in [-0.2, 0) is 4.79 Å². The minimum Gasteiger partial charge on any atom is -0.479 e. The van der Waals surface area contributed by atoms with Gasteiger partial charge < -0.3 is 15.3 Å². The molecule has 0 spiro atoms. The van der Waals surface area contributed by atoms with Gasteiger partial charge in [-0.2, -0.15) is 0 Å². The van der Waals surface area contributed by atoms with E-state index in [1.54, 1.807) is 29.2 Å². The van der Waals surface area contributed by atoms with Crippen molar-refractivity contribution in [2.24, 2.45) is 5.92 Å². The summed E-state index contributed by atoms with van der Waals surface area (Å²) in [7, 11) is 0. The average Bonchev–Trinajstić information content (AvgIpc) is 3.26. The number of nitrogens with zero attached hydrogens (tertiary/aromatic N) is 1. The maximum Gasteiger partial charge on any atom is 0.330 e. The number of nitrogens with one attached hydrogen (secondary N) is 1. The fourth-order valence-corrected chi connectivity index (χ4v) is 2.25. The molecule has 0 aromatic heterocycles. The van der Waals surface area contributed by atoms with Crippen molar-refractivity contribution >= 4 is 12.0 Å². The Balaban J connectivity index is 2.08. The van der Waals surface area contributed by atoms with Crippen molar-refractivity contribution < 1.29 is 14.7 Å². The third-order valence-corrected chi connectivity index (χ3v) is 3.68. The number of urea groups is 1. The van der Waals surface area contributed by atoms with E-state index in [1.165, 1.54) is 0 Å². The molecule has 0 saturated heterocycles. The number of carboxylic acids is 1. The van der Waals surface area contributed by atoms with Gasteiger partial charge in [-0.1, -0.05) is 30.3 Å². The molecule has 1 aromatic carbocycles. The number of carbonyl (C=O) groups excluding carboxylic acids is 1. The predicted octanol–water partition coefficient (Wildman–Crippen LogP) is 2.64. The molecule has 2 amide bonds. The van der Waals surface area contributed by atoms with Crippen LogP contribution in [-0.4, -0.2) is 34.6 Å². The Labute approximate surface area is 125 Å². The number of carboxylic acid groups (broad SMARTS) is 1. The van der Waals surface area contributed by atoms with Crippen molar-refractivity contribution in [3.8, 4) is 0 Å². The maximum absolute atomic E-state index is 12.4. The van der Waals surface area contributed by atoms with Crippen molar-refractivity contribution in [2.45, 2.75) is 38.8 Å². The van der Waals surface area contributed by atoms with Gasteiger partial charge in [0, 0.05) is 12.6 Å². The third kappa shape index (κ3) is 4.21. The van der Waals surface area contributed by atoms with Gasteiger partial charge in [0.15, 0.2) is 6.04 Å². The smallest absolute Gasteiger partial charge is 0.330 e. The zero-order chi connectivity index (χ0) is 15.4. The van der Waals surface area contributed by atoms with Gasteiger partial charge in [-0.3, -0.25) is 0 Å². The maximum atomic E-state index is 12.4. The van der Waals surface area contributed by atoms with E-state index in [4.69, 9.17) is 0 Å². The van der Waals surface area contributed by atoms with Crippen molar-refractivity contribution in [2.75, 3.05) is 6.54 Å². The zero-order valence-electron chi connectivity index (χ0n) is 12.5. The molecule has 5 nitrogen and oxygen atoms in total. The molecule has 2 rings (SSSR count). The summed E-state index contributed by atoms with van der Waals surface area (Å²) in [6, 6.07) is 7.49. The second-order valence-corrected chi connectivity index (χ2v) is 5.82. The van der Waals surface area contributed by atoms with Gasteiger partial charge in [0.1, 0.15) is 0 Å². The Bertz CT molecular complexity index is 498. The summed E-state index contributed by atoms with van der Waals surface area (Å²) >= 11 is 0. The molecular formula is C16H22N2O3. The molecular weight excluding hydrogens is 268 g/mol. The second kappa shape index (κ2) is 6.61. The molecule has 5 heteroatoms. The van der Waals surface area contributed by atoms with Crippen LogP contribution < -0.4 is 5.32 Å². The lowest BCUT2D eigenvalue weighted by molar-refractivity contribution is -0.139. The molecule has 1 fully saturated rings. The molecule has 1 atom stereocenters. The van der Waals surface area contributed by atoms with Crippen LogP contribution >= 0.6 is 0 Å². The molecule has 1 aromatic rings. The van der Waals surface area contributed by atoms with Gasteiger partial charge >= 0.3 is 12.0 Å². The number of benzene rings is 1. The summed E-state index contributed by atoms with van der Waals surface area (Å²) in [6.45, 7) is 4.59. The first-order valence-electron chi connectivity index (χ1n) is 7.34. The fraction of sp³-hybridized carbons (Fsp3) is 0.500. The zero-order valence-corrected chi connectivity index (χ0v) is 12.5. The van der Waals surface area contributed by atoms with Crippen molar-refractivity contribution in [1.82, 2.24) is 10.2 Å². The number of carbonyl (C=O) groups is 2. The summed E-state index contributed by atoms with van der Waals surface area (Å²) in [6.07, 6.45) is 2.30. The van der Waals surface area contributed by atoms with Gasteiger partial charge in [-0.05, 0) is 38.2 Å². The lowest BCUT2D eigenvalue weighted by Crippen LogP contribution is -2.47. The summed E-state index contributed by atoms with van der Waals surface area (Å²) in [4.78, 5) is 25.5. The summed E-state index contributed by atoms with van der Waals surface area (Å²) < 4.78 is 0. The largest absolute Gasteiger partial charge is 0.479 e. The van der Waals surface area contributed by atoms with E-state index in [0.29, 0.717) is 18.0 Å². The van der Waals surface area contributed by atoms with Gasteiger partial charge in [0.05, 0.1) is 0 Å². The number of rotatable bonds is 6. The van der Waals surface area contributed by atoms with Crippen LogP contribution in [0.4, 0.5) is 4.79 Å². The molecule has 0 unspecified atom stereocenters. The topological polar surface area (TPSA) is 69.6 Å². The monoisotopic (exact) mass is 290 g/mol. The molecule has 2 N–H and O–H groups in total. The van der Waals surface area contributed by atoms with Crippen LogP contribution in [0.5, 0.6) is 0 Å². The van der Waals surface area contributed by atoms with Crippen LogP contribution in [0.15, 0.2) is 30.3 Å². The lowest BCUT2D eigenvalue weighted by atomic mass is 10.1. The summed E-state index contributed by atoms with van der Waals surface area (Å²) in [5, 5.41) is 12.0. The van der Waals surface area contributed by atoms with Crippen molar-refractivity contribution in [3.63, 3.8) is 0 Å². The Kier molecular flexibility index (Phi) is 4.83. The van der Waals surface area contributed by atoms with E-state index >= 15 is 0 Å². The molecule has 114 valence electrons. The van der Waals surface area contributed by atoms with Crippen molar-refractivity contribution in [3.05, 3.63) is 35.9 Å². The highest BCUT2D eigenvalue weighted by atomic mass is 16.4. The molecule has 1 aliphatic carbocycles. The quantitative estimate of drug-likeness (QED) is 0.846. The first-order valence-corrected chi connectivity index (χ1v) is 7.34. The van der Waals surface area contributed by atoms with Crippen molar-refractivity contribution in [1.29, 1.82) is 0 Å². The predicted molar refractivity (Wildman–Crippen MR) is 79.9 cm³/mol. The van der Waals surface area contributed by atoms with Gasteiger partial charge in [-0.15, -0.1) is 0 Å². The van der Waals surface area contributed by atoms with Gasteiger partial charge in [0.2, 0.25) is 0 Å². The van der Waals surface area contributed by atoms with Crippen LogP contribution in [0.2, 0.25) is 0 Å². The SMILES string of the molecule is CC(C)N(CC1CC1)C(=O)N[C@@H](C(=O)O)c1ccccc1. The number of hydrogen-bond acceptors (Lipinski definition) is 2. The van der Waals surface area contributed by atoms with Gasteiger partial charge in [-0.25, -0.2) is 9.59 Å². The van der Waals surface area contributed by atoms with Crippen LogP contribution in [0, 0.1) is 5.92 Å². The first kappa shape index (κ1) is 15.4. The molecule has 0 radical (unpaired) electrons. The molecule has 0 aliphatic heterocycles. The van der Waals surface area contributed by atoms with Crippen LogP contribution in [0.3, 0.4) is 0 Å². The minimum absolute atomic E-state index is 0.0517. The summed E-state index contributed by atoms with van der Waals surface area (Å²) in [5.74, 6) is -0.483. The summed E-state index contributed by atoms with van der Waals surface area (Å²) in [5.41, 5.74) is 0.577. The second-order valence-electron chi connectivity index (χ2n) is 5.82. The highest BCUT2D eigenvalue weighted by molar-refractivity contribution is 5.83. The van der Waals surface area contributed by atoms with Crippen LogP contribution in [0.1, 0.15) is 38.3 Å². The van der Waals surface area contributed by atoms with E-state index in [2.05, 4.69) is 5.32 Å². The number of hydrogen-bond donors (Lipinski definition) is 2. The Morgan fingerprint density at radius 2 is 1.90 bits per heavy atom. The third-order valence-electron chi connectivity index (χ3n) is 3.68. The molecule has 0 bridgehead atoms. The Morgan fingerprint density at radius 1 is 1.29 bits per heavy atom. The highest BCUT2D eigenvalue weighted by Gasteiger charge is 2.30. The average molecular weight is 290 g/mol. The van der Waals surface area contributed by atoms with E-state index in [0.717, 1.165) is 12.8 Å². The van der Waals surface area contributed by atoms with Gasteiger partial charge in [0.25, 0.3) is 0 Å². The molecule has 1 saturated carbocycles. The normalized spacial score (nSPS) is 15.6. The lowest BCUT2D eigenvalue weighted by Gasteiger charge is -2.28.